The van der Waals surface area contributed by atoms with Crippen molar-refractivity contribution in [3.05, 3.63) is 81.9 Å². The van der Waals surface area contributed by atoms with Crippen LogP contribution in [0.25, 0.3) is 16.8 Å². The minimum atomic E-state index is -4.71. The molecule has 0 amide bonds. The number of aryl methyl sites for hydroxylation is 1. The van der Waals surface area contributed by atoms with Gasteiger partial charge in [0.15, 0.2) is 17.1 Å². The lowest BCUT2D eigenvalue weighted by molar-refractivity contribution is -0.136. The van der Waals surface area contributed by atoms with E-state index in [1.807, 2.05) is 6.92 Å². The van der Waals surface area contributed by atoms with Gasteiger partial charge in [-0.05, 0) is 74.8 Å². The molecule has 3 heterocycles. The molecule has 3 aromatic heterocycles. The van der Waals surface area contributed by atoms with Crippen molar-refractivity contribution in [1.82, 2.24) is 29.5 Å². The third kappa shape index (κ3) is 4.40. The molecule has 6 rings (SSSR count). The van der Waals surface area contributed by atoms with Crippen molar-refractivity contribution in [2.24, 2.45) is 13.0 Å². The molecule has 1 N–H and O–H groups in total. The summed E-state index contributed by atoms with van der Waals surface area (Å²) < 4.78 is 61.6. The third-order valence-corrected chi connectivity index (χ3v) is 8.42. The van der Waals surface area contributed by atoms with E-state index < -0.39 is 34.7 Å². The monoisotopic (exact) mass is 554 g/mol. The van der Waals surface area contributed by atoms with Gasteiger partial charge in [-0.15, -0.1) is 10.2 Å². The molecule has 0 bridgehead atoms. The fourth-order valence-corrected chi connectivity index (χ4v) is 5.86. The number of benzene rings is 1. The highest BCUT2D eigenvalue weighted by Gasteiger charge is 2.51. The number of rotatable bonds is 7. The zero-order valence-electron chi connectivity index (χ0n) is 22.5. The largest absolute Gasteiger partial charge is 0.419 e. The molecule has 0 aliphatic heterocycles. The minimum absolute atomic E-state index is 0.0762. The maximum atomic E-state index is 16.7. The Hall–Kier alpha value is -3.60. The maximum absolute atomic E-state index is 16.7. The van der Waals surface area contributed by atoms with E-state index in [1.54, 1.807) is 38.2 Å². The Bertz CT molecular complexity index is 1650. The summed E-state index contributed by atoms with van der Waals surface area (Å²) in [7, 11) is 1.67. The summed E-state index contributed by atoms with van der Waals surface area (Å²) in [5, 5.41) is 11.3. The van der Waals surface area contributed by atoms with Gasteiger partial charge in [0.05, 0.1) is 11.1 Å². The van der Waals surface area contributed by atoms with Crippen LogP contribution in [0.1, 0.15) is 74.5 Å². The molecule has 1 aromatic carbocycles. The van der Waals surface area contributed by atoms with Gasteiger partial charge in [-0.1, -0.05) is 18.2 Å². The lowest BCUT2D eigenvalue weighted by Gasteiger charge is -2.41. The van der Waals surface area contributed by atoms with E-state index in [4.69, 9.17) is 0 Å². The van der Waals surface area contributed by atoms with Crippen LogP contribution < -0.4 is 10.9 Å². The van der Waals surface area contributed by atoms with Crippen LogP contribution in [-0.4, -0.2) is 29.7 Å². The van der Waals surface area contributed by atoms with Crippen LogP contribution in [0.2, 0.25) is 0 Å². The van der Waals surface area contributed by atoms with Gasteiger partial charge < -0.3 is 9.88 Å². The first kappa shape index (κ1) is 26.6. The molecule has 11 heteroatoms. The number of pyridine rings is 1. The van der Waals surface area contributed by atoms with Crippen molar-refractivity contribution < 1.29 is 17.6 Å². The van der Waals surface area contributed by atoms with E-state index in [-0.39, 0.29) is 22.8 Å². The first-order valence-electron chi connectivity index (χ1n) is 13.5. The molecule has 2 aliphatic carbocycles. The van der Waals surface area contributed by atoms with Crippen molar-refractivity contribution in [3.63, 3.8) is 0 Å². The van der Waals surface area contributed by atoms with Crippen LogP contribution >= 0.6 is 0 Å². The SMILES string of the molecule is CC(NC1(C)CCC1)c1cc(C(F)(F)F)c2ncc(-c3cccc(C(F)(c4nncn4C)C4CC4)c3)c(=O)n2c1. The van der Waals surface area contributed by atoms with Crippen LogP contribution in [0.3, 0.4) is 0 Å². The number of alkyl halides is 4. The lowest BCUT2D eigenvalue weighted by Crippen LogP contribution is -2.49. The molecular weight excluding hydrogens is 524 g/mol. The highest BCUT2D eigenvalue weighted by molar-refractivity contribution is 5.65. The molecule has 2 unspecified atom stereocenters. The molecule has 0 radical (unpaired) electrons. The molecule has 2 saturated carbocycles. The van der Waals surface area contributed by atoms with Gasteiger partial charge in [0.1, 0.15) is 6.33 Å². The zero-order chi connectivity index (χ0) is 28.4. The van der Waals surface area contributed by atoms with E-state index in [2.05, 4.69) is 20.5 Å². The van der Waals surface area contributed by atoms with E-state index in [0.717, 1.165) is 35.9 Å². The molecule has 2 atom stereocenters. The Morgan fingerprint density at radius 2 is 1.90 bits per heavy atom. The van der Waals surface area contributed by atoms with Gasteiger partial charge in [-0.3, -0.25) is 9.20 Å². The standard InChI is InChI=1S/C29H30F4N6O/c1-17(36-27(2)10-5-11-27)19-13-23(29(31,32)33)24-34-14-22(25(40)39(24)15-19)18-6-4-7-21(12-18)28(30,20-8-9-20)26-37-35-16-38(26)3/h4,6-7,12-17,20,36H,5,8-11H2,1-3H3. The number of nitrogens with one attached hydrogen (secondary N) is 1. The van der Waals surface area contributed by atoms with Gasteiger partial charge >= 0.3 is 6.18 Å². The van der Waals surface area contributed by atoms with E-state index in [1.165, 1.54) is 17.1 Å². The van der Waals surface area contributed by atoms with Crippen molar-refractivity contribution in [2.45, 2.75) is 69.4 Å². The van der Waals surface area contributed by atoms with Gasteiger partial charge in [0.2, 0.25) is 0 Å². The van der Waals surface area contributed by atoms with Crippen LogP contribution in [0, 0.1) is 5.92 Å². The van der Waals surface area contributed by atoms with E-state index in [0.29, 0.717) is 29.5 Å². The summed E-state index contributed by atoms with van der Waals surface area (Å²) >= 11 is 0. The molecule has 7 nitrogen and oxygen atoms in total. The second-order valence-electron chi connectivity index (χ2n) is 11.5. The van der Waals surface area contributed by atoms with E-state index >= 15 is 4.39 Å². The van der Waals surface area contributed by atoms with Crippen molar-refractivity contribution in [3.8, 4) is 11.1 Å². The molecule has 0 saturated heterocycles. The fourth-order valence-electron chi connectivity index (χ4n) is 5.86. The van der Waals surface area contributed by atoms with Crippen LogP contribution in [0.4, 0.5) is 17.6 Å². The number of nitrogens with zero attached hydrogens (tertiary/aromatic N) is 5. The number of fused-ring (bicyclic) bond motifs is 1. The molecule has 0 spiro atoms. The third-order valence-electron chi connectivity index (χ3n) is 8.42. The Balaban J connectivity index is 1.47. The molecular formula is C29H30F4N6O. The first-order valence-corrected chi connectivity index (χ1v) is 13.5. The van der Waals surface area contributed by atoms with Crippen molar-refractivity contribution in [2.75, 3.05) is 0 Å². The Labute approximate surface area is 228 Å². The number of hydrogen-bond donors (Lipinski definition) is 1. The van der Waals surface area contributed by atoms with Crippen molar-refractivity contribution >= 4 is 5.65 Å². The summed E-state index contributed by atoms with van der Waals surface area (Å²) in [6.07, 6.45) is 3.59. The van der Waals surface area contributed by atoms with Crippen molar-refractivity contribution in [1.29, 1.82) is 0 Å². The normalized spacial score (nSPS) is 19.3. The van der Waals surface area contributed by atoms with Gasteiger partial charge in [-0.25, -0.2) is 9.37 Å². The summed E-state index contributed by atoms with van der Waals surface area (Å²) in [5.74, 6) is -0.119. The minimum Gasteiger partial charge on any atom is -0.318 e. The van der Waals surface area contributed by atoms with Gasteiger partial charge in [-0.2, -0.15) is 13.2 Å². The van der Waals surface area contributed by atoms with Gasteiger partial charge in [0, 0.05) is 36.9 Å². The summed E-state index contributed by atoms with van der Waals surface area (Å²) in [4.78, 5) is 17.8. The average Bonchev–Trinajstić information content (AvgIpc) is 3.67. The fraction of sp³-hybridized carbons (Fsp3) is 0.448. The summed E-state index contributed by atoms with van der Waals surface area (Å²) in [6.45, 7) is 3.84. The van der Waals surface area contributed by atoms with Crippen LogP contribution in [0.5, 0.6) is 0 Å². The summed E-state index contributed by atoms with van der Waals surface area (Å²) in [6, 6.07) is 7.11. The average molecular weight is 555 g/mol. The smallest absolute Gasteiger partial charge is 0.318 e. The molecule has 2 aliphatic rings. The second kappa shape index (κ2) is 9.22. The molecule has 210 valence electrons. The van der Waals surface area contributed by atoms with Gasteiger partial charge in [0.25, 0.3) is 5.56 Å². The summed E-state index contributed by atoms with van der Waals surface area (Å²) in [5.41, 5.74) is -3.10. The molecule has 4 aromatic rings. The maximum Gasteiger partial charge on any atom is 0.419 e. The molecule has 40 heavy (non-hydrogen) atoms. The Morgan fingerprint density at radius 1 is 1.15 bits per heavy atom. The zero-order valence-corrected chi connectivity index (χ0v) is 22.5. The molecule has 2 fully saturated rings. The Morgan fingerprint density at radius 3 is 2.50 bits per heavy atom. The van der Waals surface area contributed by atoms with Crippen LogP contribution in [-0.2, 0) is 18.9 Å². The highest BCUT2D eigenvalue weighted by Crippen LogP contribution is 2.52. The lowest BCUT2D eigenvalue weighted by atomic mass is 9.78. The topological polar surface area (TPSA) is 77.1 Å². The predicted octanol–water partition coefficient (Wildman–Crippen LogP) is 5.73. The highest BCUT2D eigenvalue weighted by atomic mass is 19.4. The predicted molar refractivity (Wildman–Crippen MR) is 141 cm³/mol. The first-order chi connectivity index (χ1) is 18.9. The number of aromatic nitrogens is 5. The Kier molecular flexibility index (Phi) is 6.14. The van der Waals surface area contributed by atoms with E-state index in [9.17, 15) is 18.0 Å². The second-order valence-corrected chi connectivity index (χ2v) is 11.5. The number of halogens is 4. The van der Waals surface area contributed by atoms with Crippen LogP contribution in [0.15, 0.2) is 53.8 Å². The number of hydrogen-bond acceptors (Lipinski definition) is 5. The quantitative estimate of drug-likeness (QED) is 0.296.